The molecule has 3 nitrogen and oxygen atoms in total. The van der Waals surface area contributed by atoms with Crippen LogP contribution in [0.4, 0.5) is 0 Å². The van der Waals surface area contributed by atoms with Gasteiger partial charge in [0.05, 0.1) is 0 Å². The van der Waals surface area contributed by atoms with E-state index in [0.29, 0.717) is 6.61 Å². The van der Waals surface area contributed by atoms with E-state index in [4.69, 9.17) is 9.47 Å². The molecule has 0 aliphatic heterocycles. The Hall–Kier alpha value is -1.25. The number of methoxy groups -OCH3 is 1. The van der Waals surface area contributed by atoms with E-state index >= 15 is 0 Å². The third-order valence-corrected chi connectivity index (χ3v) is 4.50. The Kier molecular flexibility index (Phi) is 3.32. The number of hydrogen-bond acceptors (Lipinski definition) is 3. The average Bonchev–Trinajstić information content (AvgIpc) is 2.71. The molecule has 0 saturated heterocycles. The summed E-state index contributed by atoms with van der Waals surface area (Å²) in [6.45, 7) is 2.24. The van der Waals surface area contributed by atoms with Gasteiger partial charge in [0.25, 0.3) is 0 Å². The zero-order valence-corrected chi connectivity index (χ0v) is 10.9. The number of rotatable bonds is 3. The van der Waals surface area contributed by atoms with Gasteiger partial charge in [0, 0.05) is 0 Å². The molecular formula is C12H12O3Se. The van der Waals surface area contributed by atoms with Crippen LogP contribution < -0.4 is 4.74 Å². The Balaban J connectivity index is 2.39. The van der Waals surface area contributed by atoms with Gasteiger partial charge in [-0.1, -0.05) is 0 Å². The molecule has 0 bridgehead atoms. The summed E-state index contributed by atoms with van der Waals surface area (Å²) in [4.78, 5) is 11.6. The average molecular weight is 283 g/mol. The summed E-state index contributed by atoms with van der Waals surface area (Å²) in [5.41, 5.74) is 0. The van der Waals surface area contributed by atoms with Crippen molar-refractivity contribution >= 4 is 30.1 Å². The number of ether oxygens (including phenoxy) is 2. The zero-order chi connectivity index (χ0) is 11.5. The number of hydrogen-bond donors (Lipinski definition) is 0. The summed E-state index contributed by atoms with van der Waals surface area (Å²) < 4.78 is 12.1. The van der Waals surface area contributed by atoms with Crippen molar-refractivity contribution < 1.29 is 14.3 Å². The van der Waals surface area contributed by atoms with E-state index in [-0.39, 0.29) is 20.5 Å². The van der Waals surface area contributed by atoms with E-state index in [1.165, 1.54) is 4.26 Å². The van der Waals surface area contributed by atoms with Crippen molar-refractivity contribution in [1.29, 1.82) is 0 Å². The van der Waals surface area contributed by atoms with Crippen molar-refractivity contribution in [2.45, 2.75) is 6.92 Å². The van der Waals surface area contributed by atoms with Crippen molar-refractivity contribution in [3.8, 4) is 5.75 Å². The second-order valence-corrected chi connectivity index (χ2v) is 5.51. The van der Waals surface area contributed by atoms with Crippen LogP contribution in [0.5, 0.6) is 5.75 Å². The van der Waals surface area contributed by atoms with Gasteiger partial charge in [0.1, 0.15) is 0 Å². The Morgan fingerprint density at radius 3 is 2.88 bits per heavy atom. The predicted molar refractivity (Wildman–Crippen MR) is 63.4 cm³/mol. The zero-order valence-electron chi connectivity index (χ0n) is 9.15. The monoisotopic (exact) mass is 284 g/mol. The molecular weight excluding hydrogens is 271 g/mol. The normalized spacial score (nSPS) is 10.4. The first-order valence-corrected chi connectivity index (χ1v) is 6.70. The Bertz CT molecular complexity index is 516. The van der Waals surface area contributed by atoms with Crippen molar-refractivity contribution in [2.24, 2.45) is 0 Å². The Morgan fingerprint density at radius 2 is 2.19 bits per heavy atom. The quantitative estimate of drug-likeness (QED) is 0.639. The van der Waals surface area contributed by atoms with E-state index in [0.717, 1.165) is 15.6 Å². The molecule has 1 aromatic heterocycles. The van der Waals surface area contributed by atoms with Gasteiger partial charge in [0.15, 0.2) is 0 Å². The third kappa shape index (κ3) is 2.13. The van der Waals surface area contributed by atoms with Gasteiger partial charge in [-0.25, -0.2) is 0 Å². The molecule has 0 atom stereocenters. The standard InChI is InChI=1S/C12H12O3Se/c1-3-15-12(13)11-7-8-6-9(14-2)4-5-10(8)16-11/h4-7H,3H2,1-2H3. The van der Waals surface area contributed by atoms with Crippen LogP contribution in [0.15, 0.2) is 24.3 Å². The van der Waals surface area contributed by atoms with Crippen LogP contribution in [0.2, 0.25) is 0 Å². The van der Waals surface area contributed by atoms with Crippen molar-refractivity contribution in [2.75, 3.05) is 13.7 Å². The SMILES string of the molecule is CCOC(=O)c1cc2cc(OC)ccc2[se]1. The molecule has 84 valence electrons. The minimum absolute atomic E-state index is 0.0634. The van der Waals surface area contributed by atoms with Crippen LogP contribution in [0, 0.1) is 0 Å². The number of carbonyl (C=O) groups is 1. The second-order valence-electron chi connectivity index (χ2n) is 3.23. The molecule has 0 radical (unpaired) electrons. The summed E-state index contributed by atoms with van der Waals surface area (Å²) in [7, 11) is 1.64. The van der Waals surface area contributed by atoms with E-state index in [1.807, 2.05) is 31.2 Å². The van der Waals surface area contributed by atoms with Gasteiger partial charge in [-0.3, -0.25) is 0 Å². The predicted octanol–water partition coefficient (Wildman–Crippen LogP) is 2.08. The minimum atomic E-state index is -0.197. The summed E-state index contributed by atoms with van der Waals surface area (Å²) in [5, 5.41) is 1.07. The van der Waals surface area contributed by atoms with E-state index in [1.54, 1.807) is 7.11 Å². The molecule has 0 spiro atoms. The first-order chi connectivity index (χ1) is 7.74. The third-order valence-electron chi connectivity index (χ3n) is 2.20. The van der Waals surface area contributed by atoms with E-state index in [9.17, 15) is 4.79 Å². The fourth-order valence-corrected chi connectivity index (χ4v) is 3.42. The van der Waals surface area contributed by atoms with Gasteiger partial charge in [0.2, 0.25) is 0 Å². The number of esters is 1. The van der Waals surface area contributed by atoms with Gasteiger partial charge in [-0.05, 0) is 0 Å². The van der Waals surface area contributed by atoms with Crippen LogP contribution in [0.3, 0.4) is 0 Å². The van der Waals surface area contributed by atoms with Crippen molar-refractivity contribution in [3.05, 3.63) is 28.7 Å². The fraction of sp³-hybridized carbons (Fsp3) is 0.250. The molecule has 4 heteroatoms. The maximum atomic E-state index is 11.6. The summed E-state index contributed by atoms with van der Waals surface area (Å²) in [5.74, 6) is 0.619. The van der Waals surface area contributed by atoms with Crippen LogP contribution in [0.25, 0.3) is 9.65 Å². The van der Waals surface area contributed by atoms with Crippen LogP contribution in [0.1, 0.15) is 16.2 Å². The molecule has 0 unspecified atom stereocenters. The molecule has 0 aliphatic rings. The number of benzene rings is 1. The molecule has 1 heterocycles. The molecule has 0 saturated carbocycles. The number of fused-ring (bicyclic) bond motifs is 1. The summed E-state index contributed by atoms with van der Waals surface area (Å²) in [6, 6.07) is 7.78. The number of carbonyl (C=O) groups excluding carboxylic acids is 1. The molecule has 16 heavy (non-hydrogen) atoms. The summed E-state index contributed by atoms with van der Waals surface area (Å²) >= 11 is 0.0634. The molecule has 0 amide bonds. The molecule has 1 aromatic carbocycles. The van der Waals surface area contributed by atoms with Gasteiger partial charge in [-0.15, -0.1) is 0 Å². The molecule has 2 aromatic rings. The van der Waals surface area contributed by atoms with Gasteiger partial charge in [-0.2, -0.15) is 0 Å². The van der Waals surface area contributed by atoms with Gasteiger partial charge < -0.3 is 0 Å². The van der Waals surface area contributed by atoms with Crippen molar-refractivity contribution in [1.82, 2.24) is 0 Å². The van der Waals surface area contributed by atoms with Gasteiger partial charge >= 0.3 is 99.5 Å². The Labute approximate surface area is 99.7 Å². The van der Waals surface area contributed by atoms with Crippen molar-refractivity contribution in [3.63, 3.8) is 0 Å². The fourth-order valence-electron chi connectivity index (χ4n) is 1.45. The molecule has 0 aliphatic carbocycles. The first-order valence-electron chi connectivity index (χ1n) is 4.99. The molecule has 2 rings (SSSR count). The maximum absolute atomic E-state index is 11.6. The van der Waals surface area contributed by atoms with E-state index < -0.39 is 0 Å². The Morgan fingerprint density at radius 1 is 1.38 bits per heavy atom. The topological polar surface area (TPSA) is 35.5 Å². The molecule has 0 N–H and O–H groups in total. The first kappa shape index (κ1) is 11.2. The van der Waals surface area contributed by atoms with Crippen LogP contribution in [-0.4, -0.2) is 34.2 Å². The summed E-state index contributed by atoms with van der Waals surface area (Å²) in [6.07, 6.45) is 0. The van der Waals surface area contributed by atoms with E-state index in [2.05, 4.69) is 0 Å². The van der Waals surface area contributed by atoms with Crippen LogP contribution >= 0.6 is 0 Å². The van der Waals surface area contributed by atoms with Crippen LogP contribution in [-0.2, 0) is 4.74 Å². The second kappa shape index (κ2) is 4.72. The molecule has 0 fully saturated rings.